The average molecular weight is 457 g/mol. The van der Waals surface area contributed by atoms with E-state index in [-0.39, 0.29) is 33.8 Å². The van der Waals surface area contributed by atoms with Crippen LogP contribution in [-0.4, -0.2) is 20.5 Å². The lowest BCUT2D eigenvalue weighted by atomic mass is 10.2. The van der Waals surface area contributed by atoms with E-state index in [0.29, 0.717) is 16.5 Å². The molecule has 0 unspecified atom stereocenters. The minimum absolute atomic E-state index is 0.0363. The van der Waals surface area contributed by atoms with Crippen molar-refractivity contribution in [3.8, 4) is 5.75 Å². The molecule has 2 aromatic heterocycles. The van der Waals surface area contributed by atoms with Crippen LogP contribution in [0.15, 0.2) is 41.0 Å². The minimum atomic E-state index is -0.663. The molecule has 0 aliphatic heterocycles. The maximum absolute atomic E-state index is 12.2. The number of benzene rings is 1. The molecule has 8 nitrogen and oxygen atoms in total. The summed E-state index contributed by atoms with van der Waals surface area (Å²) in [7, 11) is 1.49. The van der Waals surface area contributed by atoms with Crippen LogP contribution in [0.5, 0.6) is 5.75 Å². The Morgan fingerprint density at radius 1 is 1.31 bits per heavy atom. The molecular formula is C18H12Cl3N3O5. The topological polar surface area (TPSA) is 100 Å². The highest BCUT2D eigenvalue weighted by molar-refractivity contribution is 6.40. The Labute approximate surface area is 179 Å². The van der Waals surface area contributed by atoms with Gasteiger partial charge in [-0.1, -0.05) is 34.8 Å². The lowest BCUT2D eigenvalue weighted by Crippen LogP contribution is -2.00. The number of allylic oxidation sites excluding steroid dienone is 1. The van der Waals surface area contributed by atoms with Crippen LogP contribution >= 0.6 is 34.8 Å². The number of nitro groups is 1. The van der Waals surface area contributed by atoms with Gasteiger partial charge in [-0.2, -0.15) is 5.10 Å². The number of nitrogens with zero attached hydrogens (tertiary/aromatic N) is 3. The van der Waals surface area contributed by atoms with Gasteiger partial charge in [0.05, 0.1) is 15.0 Å². The molecule has 0 radical (unpaired) electrons. The molecule has 0 saturated heterocycles. The fourth-order valence-electron chi connectivity index (χ4n) is 2.39. The SMILES string of the molecule is Cn1cc([N+](=O)[O-])c(C(=O)/C=C/c2ccc(COc3c(Cl)cc(Cl)cc3Cl)o2)n1. The fraction of sp³-hybridized carbons (Fsp3) is 0.111. The van der Waals surface area contributed by atoms with Crippen LogP contribution < -0.4 is 4.74 Å². The number of hydrogen-bond donors (Lipinski definition) is 0. The summed E-state index contributed by atoms with van der Waals surface area (Å²) in [6, 6.07) is 6.26. The Morgan fingerprint density at radius 3 is 2.66 bits per heavy atom. The monoisotopic (exact) mass is 455 g/mol. The first-order valence-electron chi connectivity index (χ1n) is 8.01. The molecule has 0 atom stereocenters. The summed E-state index contributed by atoms with van der Waals surface area (Å²) in [6.45, 7) is 0.0363. The minimum Gasteiger partial charge on any atom is -0.483 e. The predicted octanol–water partition coefficient (Wildman–Crippen LogP) is 5.36. The van der Waals surface area contributed by atoms with Gasteiger partial charge in [0.15, 0.2) is 5.75 Å². The number of aromatic nitrogens is 2. The lowest BCUT2D eigenvalue weighted by Gasteiger charge is -2.08. The molecule has 150 valence electrons. The molecule has 0 aliphatic carbocycles. The Bertz CT molecular complexity index is 1100. The molecule has 0 N–H and O–H groups in total. The molecule has 3 aromatic rings. The van der Waals surface area contributed by atoms with E-state index in [4.69, 9.17) is 44.0 Å². The zero-order valence-electron chi connectivity index (χ0n) is 14.8. The maximum Gasteiger partial charge on any atom is 0.318 e. The van der Waals surface area contributed by atoms with Crippen LogP contribution in [0.3, 0.4) is 0 Å². The number of ketones is 1. The van der Waals surface area contributed by atoms with E-state index < -0.39 is 10.7 Å². The molecule has 11 heteroatoms. The molecule has 1 aromatic carbocycles. The third-order valence-corrected chi connectivity index (χ3v) is 4.42. The van der Waals surface area contributed by atoms with Gasteiger partial charge in [-0.15, -0.1) is 0 Å². The van der Waals surface area contributed by atoms with Crippen LogP contribution in [0.2, 0.25) is 15.1 Å². The van der Waals surface area contributed by atoms with Crippen molar-refractivity contribution in [3.63, 3.8) is 0 Å². The van der Waals surface area contributed by atoms with Gasteiger partial charge >= 0.3 is 5.69 Å². The number of ether oxygens (including phenoxy) is 1. The molecule has 0 fully saturated rings. The highest BCUT2D eigenvalue weighted by atomic mass is 35.5. The third-order valence-electron chi connectivity index (χ3n) is 3.64. The summed E-state index contributed by atoms with van der Waals surface area (Å²) in [5.74, 6) is 0.446. The first-order valence-corrected chi connectivity index (χ1v) is 9.14. The van der Waals surface area contributed by atoms with E-state index in [2.05, 4.69) is 5.10 Å². The fourth-order valence-corrected chi connectivity index (χ4v) is 3.32. The highest BCUT2D eigenvalue weighted by Gasteiger charge is 2.23. The summed E-state index contributed by atoms with van der Waals surface area (Å²) in [6.07, 6.45) is 3.69. The second kappa shape index (κ2) is 8.69. The smallest absolute Gasteiger partial charge is 0.318 e. The van der Waals surface area contributed by atoms with Gasteiger partial charge in [0, 0.05) is 12.1 Å². The van der Waals surface area contributed by atoms with Gasteiger partial charge < -0.3 is 9.15 Å². The van der Waals surface area contributed by atoms with Gasteiger partial charge in [0.2, 0.25) is 11.5 Å². The third kappa shape index (κ3) is 4.97. The molecular weight excluding hydrogens is 445 g/mol. The standard InChI is InChI=1S/C18H12Cl3N3O5/c1-23-8-15(24(26)27)17(22-23)16(25)5-4-11-2-3-12(29-11)9-28-18-13(20)6-10(19)7-14(18)21/h2-8H,9H2,1H3/b5-4+. The van der Waals surface area contributed by atoms with Crippen molar-refractivity contribution < 1.29 is 18.9 Å². The van der Waals surface area contributed by atoms with Crippen molar-refractivity contribution in [2.24, 2.45) is 7.05 Å². The number of carbonyl (C=O) groups is 1. The maximum atomic E-state index is 12.2. The number of rotatable bonds is 7. The predicted molar refractivity (Wildman–Crippen MR) is 108 cm³/mol. The molecule has 0 spiro atoms. The van der Waals surface area contributed by atoms with Gasteiger partial charge in [-0.3, -0.25) is 19.6 Å². The summed E-state index contributed by atoms with van der Waals surface area (Å²) >= 11 is 18.0. The van der Waals surface area contributed by atoms with Gasteiger partial charge in [-0.25, -0.2) is 0 Å². The van der Waals surface area contributed by atoms with Crippen molar-refractivity contribution in [1.29, 1.82) is 0 Å². The second-order valence-electron chi connectivity index (χ2n) is 5.78. The summed E-state index contributed by atoms with van der Waals surface area (Å²) in [5, 5.41) is 15.7. The average Bonchev–Trinajstić information content (AvgIpc) is 3.25. The highest BCUT2D eigenvalue weighted by Crippen LogP contribution is 2.36. The Morgan fingerprint density at radius 2 is 2.00 bits per heavy atom. The molecule has 3 rings (SSSR count). The van der Waals surface area contributed by atoms with Gasteiger partial charge in [0.25, 0.3) is 0 Å². The van der Waals surface area contributed by atoms with Crippen LogP contribution in [0.25, 0.3) is 6.08 Å². The van der Waals surface area contributed by atoms with E-state index in [1.165, 1.54) is 29.9 Å². The van der Waals surface area contributed by atoms with Crippen molar-refractivity contribution in [2.75, 3.05) is 0 Å². The first-order chi connectivity index (χ1) is 13.7. The largest absolute Gasteiger partial charge is 0.483 e. The lowest BCUT2D eigenvalue weighted by molar-refractivity contribution is -0.385. The molecule has 0 amide bonds. The zero-order valence-corrected chi connectivity index (χ0v) is 17.0. The van der Waals surface area contributed by atoms with E-state index in [9.17, 15) is 14.9 Å². The van der Waals surface area contributed by atoms with Gasteiger partial charge in [0.1, 0.15) is 24.3 Å². The molecule has 0 saturated carbocycles. The number of aryl methyl sites for hydroxylation is 1. The Balaban J connectivity index is 1.68. The van der Waals surface area contributed by atoms with E-state index in [0.717, 1.165) is 12.3 Å². The molecule has 29 heavy (non-hydrogen) atoms. The number of carbonyl (C=O) groups excluding carboxylic acids is 1. The normalized spacial score (nSPS) is 11.2. The van der Waals surface area contributed by atoms with Crippen LogP contribution in [0.4, 0.5) is 5.69 Å². The van der Waals surface area contributed by atoms with Gasteiger partial charge in [-0.05, 0) is 36.4 Å². The Hall–Kier alpha value is -2.81. The van der Waals surface area contributed by atoms with E-state index >= 15 is 0 Å². The van der Waals surface area contributed by atoms with Crippen molar-refractivity contribution >= 4 is 52.3 Å². The van der Waals surface area contributed by atoms with Crippen LogP contribution in [0, 0.1) is 10.1 Å². The zero-order chi connectivity index (χ0) is 21.1. The van der Waals surface area contributed by atoms with E-state index in [1.54, 1.807) is 12.1 Å². The molecule has 0 bridgehead atoms. The van der Waals surface area contributed by atoms with Crippen molar-refractivity contribution in [1.82, 2.24) is 9.78 Å². The van der Waals surface area contributed by atoms with Crippen LogP contribution in [0.1, 0.15) is 22.0 Å². The van der Waals surface area contributed by atoms with E-state index in [1.807, 2.05) is 0 Å². The molecule has 0 aliphatic rings. The van der Waals surface area contributed by atoms with Crippen LogP contribution in [-0.2, 0) is 13.7 Å². The quantitative estimate of drug-likeness (QED) is 0.205. The summed E-state index contributed by atoms with van der Waals surface area (Å²) < 4.78 is 12.3. The first kappa shape index (κ1) is 20.9. The summed E-state index contributed by atoms with van der Waals surface area (Å²) in [4.78, 5) is 22.5. The Kier molecular flexibility index (Phi) is 6.26. The second-order valence-corrected chi connectivity index (χ2v) is 7.03. The number of halogens is 3. The van der Waals surface area contributed by atoms with Crippen molar-refractivity contribution in [3.05, 3.63) is 78.9 Å². The number of furan rings is 1. The van der Waals surface area contributed by atoms with Crippen molar-refractivity contribution in [2.45, 2.75) is 6.61 Å². The number of hydrogen-bond acceptors (Lipinski definition) is 6. The summed E-state index contributed by atoms with van der Waals surface area (Å²) in [5.41, 5.74) is -0.622. The molecule has 2 heterocycles.